The zero-order valence-electron chi connectivity index (χ0n) is 12.5. The summed E-state index contributed by atoms with van der Waals surface area (Å²) in [5.74, 6) is -1.90. The summed E-state index contributed by atoms with van der Waals surface area (Å²) in [6.45, 7) is 4.29. The molecule has 4 nitrogen and oxygen atoms in total. The van der Waals surface area contributed by atoms with E-state index in [0.29, 0.717) is 6.07 Å². The third-order valence-electron chi connectivity index (χ3n) is 3.44. The highest BCUT2D eigenvalue weighted by Crippen LogP contribution is 2.21. The lowest BCUT2D eigenvalue weighted by Gasteiger charge is -2.14. The molecule has 0 spiro atoms. The van der Waals surface area contributed by atoms with Gasteiger partial charge in [0.2, 0.25) is 5.82 Å². The van der Waals surface area contributed by atoms with Gasteiger partial charge >= 0.3 is 5.69 Å². The quantitative estimate of drug-likeness (QED) is 0.420. The van der Waals surface area contributed by atoms with Gasteiger partial charge in [-0.1, -0.05) is 32.6 Å². The van der Waals surface area contributed by atoms with Gasteiger partial charge in [0.1, 0.15) is 5.82 Å². The summed E-state index contributed by atoms with van der Waals surface area (Å²) in [5.41, 5.74) is -0.577. The van der Waals surface area contributed by atoms with Crippen LogP contribution in [-0.2, 0) is 6.54 Å². The first-order chi connectivity index (χ1) is 9.95. The van der Waals surface area contributed by atoms with Crippen molar-refractivity contribution in [2.75, 3.05) is 0 Å². The number of nitrogens with zero attached hydrogens (tertiary/aromatic N) is 1. The fraction of sp³-hybridized carbons (Fsp3) is 0.600. The second kappa shape index (κ2) is 8.67. The molecule has 0 aliphatic rings. The van der Waals surface area contributed by atoms with Crippen molar-refractivity contribution in [1.82, 2.24) is 5.32 Å². The number of unbranched alkanes of at least 4 members (excludes halogenated alkanes) is 3. The molecular weight excluding hydrogens is 278 g/mol. The van der Waals surface area contributed by atoms with Crippen molar-refractivity contribution in [3.63, 3.8) is 0 Å². The maximum atomic E-state index is 13.6. The van der Waals surface area contributed by atoms with Crippen molar-refractivity contribution >= 4 is 5.69 Å². The van der Waals surface area contributed by atoms with Gasteiger partial charge in [-0.2, -0.15) is 4.39 Å². The first-order valence-electron chi connectivity index (χ1n) is 7.31. The van der Waals surface area contributed by atoms with Crippen LogP contribution in [0.2, 0.25) is 0 Å². The number of nitro groups is 1. The Morgan fingerprint density at radius 1 is 1.24 bits per heavy atom. The first-order valence-corrected chi connectivity index (χ1v) is 7.31. The van der Waals surface area contributed by atoms with E-state index in [1.54, 1.807) is 0 Å². The number of hydrogen-bond donors (Lipinski definition) is 1. The van der Waals surface area contributed by atoms with E-state index in [1.807, 2.05) is 6.92 Å². The Kier molecular flexibility index (Phi) is 7.22. The average molecular weight is 300 g/mol. The Balaban J connectivity index is 2.55. The Morgan fingerprint density at radius 2 is 1.95 bits per heavy atom. The molecule has 0 heterocycles. The summed E-state index contributed by atoms with van der Waals surface area (Å²) in [7, 11) is 0. The zero-order valence-corrected chi connectivity index (χ0v) is 12.5. The number of nitrogens with one attached hydrogen (secondary N) is 1. The second-order valence-corrected chi connectivity index (χ2v) is 5.28. The van der Waals surface area contributed by atoms with E-state index in [-0.39, 0.29) is 18.2 Å². The van der Waals surface area contributed by atoms with Crippen LogP contribution in [0.25, 0.3) is 0 Å². The summed E-state index contributed by atoms with van der Waals surface area (Å²) in [4.78, 5) is 9.81. The Bertz CT molecular complexity index is 481. The van der Waals surface area contributed by atoms with Gasteiger partial charge in [-0.25, -0.2) is 4.39 Å². The molecule has 0 amide bonds. The highest BCUT2D eigenvalue weighted by Gasteiger charge is 2.18. The summed E-state index contributed by atoms with van der Waals surface area (Å²) < 4.78 is 26.8. The van der Waals surface area contributed by atoms with Crippen molar-refractivity contribution in [3.8, 4) is 0 Å². The number of rotatable bonds is 9. The zero-order chi connectivity index (χ0) is 15.8. The van der Waals surface area contributed by atoms with Gasteiger partial charge in [0, 0.05) is 30.3 Å². The van der Waals surface area contributed by atoms with Crippen LogP contribution in [0.3, 0.4) is 0 Å². The fourth-order valence-electron chi connectivity index (χ4n) is 2.12. The molecule has 1 N–H and O–H groups in total. The number of benzene rings is 1. The van der Waals surface area contributed by atoms with Gasteiger partial charge in [0.05, 0.1) is 4.92 Å². The van der Waals surface area contributed by atoms with Crippen molar-refractivity contribution in [2.45, 2.75) is 58.5 Å². The predicted molar refractivity (Wildman–Crippen MR) is 78.1 cm³/mol. The van der Waals surface area contributed by atoms with Gasteiger partial charge in [0.15, 0.2) is 0 Å². The van der Waals surface area contributed by atoms with Crippen LogP contribution in [0, 0.1) is 21.7 Å². The molecule has 0 fully saturated rings. The van der Waals surface area contributed by atoms with Gasteiger partial charge < -0.3 is 5.32 Å². The van der Waals surface area contributed by atoms with Crippen LogP contribution in [0.1, 0.15) is 51.5 Å². The molecule has 1 aromatic rings. The third kappa shape index (κ3) is 5.75. The monoisotopic (exact) mass is 300 g/mol. The number of hydrogen-bond acceptors (Lipinski definition) is 3. The fourth-order valence-corrected chi connectivity index (χ4v) is 2.12. The van der Waals surface area contributed by atoms with E-state index in [1.165, 1.54) is 19.3 Å². The normalized spacial score (nSPS) is 12.4. The summed E-state index contributed by atoms with van der Waals surface area (Å²) in [5, 5.41) is 13.8. The molecule has 0 saturated carbocycles. The van der Waals surface area contributed by atoms with Crippen molar-refractivity contribution in [3.05, 3.63) is 39.4 Å². The van der Waals surface area contributed by atoms with E-state index >= 15 is 0 Å². The van der Waals surface area contributed by atoms with Crippen molar-refractivity contribution in [2.24, 2.45) is 0 Å². The Labute approximate surface area is 123 Å². The van der Waals surface area contributed by atoms with Crippen molar-refractivity contribution in [1.29, 1.82) is 0 Å². The molecule has 21 heavy (non-hydrogen) atoms. The van der Waals surface area contributed by atoms with Crippen LogP contribution >= 0.6 is 0 Å². The minimum atomic E-state index is -1.14. The molecule has 0 radical (unpaired) electrons. The second-order valence-electron chi connectivity index (χ2n) is 5.28. The van der Waals surface area contributed by atoms with Crippen LogP contribution in [0.15, 0.2) is 12.1 Å². The smallest absolute Gasteiger partial charge is 0.305 e. The van der Waals surface area contributed by atoms with Crippen LogP contribution in [-0.4, -0.2) is 11.0 Å². The molecule has 118 valence electrons. The maximum Gasteiger partial charge on any atom is 0.305 e. The highest BCUT2D eigenvalue weighted by atomic mass is 19.1. The largest absolute Gasteiger partial charge is 0.310 e. The van der Waals surface area contributed by atoms with Gasteiger partial charge in [0.25, 0.3) is 0 Å². The molecular formula is C15H22F2N2O2. The minimum absolute atomic E-state index is 0.114. The molecule has 0 aliphatic heterocycles. The SMILES string of the molecule is CCCCCCC(C)NCc1cc([N+](=O)[O-])c(F)cc1F. The molecule has 1 aromatic carbocycles. The van der Waals surface area contributed by atoms with Crippen LogP contribution in [0.4, 0.5) is 14.5 Å². The number of nitro benzene ring substituents is 1. The standard InChI is InChI=1S/C15H22F2N2O2/c1-3-4-5-6-7-11(2)18-10-12-8-15(19(20)21)14(17)9-13(12)16/h8-9,11,18H,3-7,10H2,1-2H3. The topological polar surface area (TPSA) is 55.2 Å². The third-order valence-corrected chi connectivity index (χ3v) is 3.44. The Morgan fingerprint density at radius 3 is 2.57 bits per heavy atom. The summed E-state index contributed by atoms with van der Waals surface area (Å²) in [6, 6.07) is 1.72. The average Bonchev–Trinajstić information content (AvgIpc) is 2.42. The molecule has 1 rings (SSSR count). The van der Waals surface area contributed by atoms with Crippen molar-refractivity contribution < 1.29 is 13.7 Å². The maximum absolute atomic E-state index is 13.6. The lowest BCUT2D eigenvalue weighted by molar-refractivity contribution is -0.387. The molecule has 6 heteroatoms. The molecule has 1 unspecified atom stereocenters. The van der Waals surface area contributed by atoms with Crippen LogP contribution < -0.4 is 5.32 Å². The molecule has 0 aliphatic carbocycles. The van der Waals surface area contributed by atoms with Gasteiger partial charge in [-0.3, -0.25) is 10.1 Å². The lowest BCUT2D eigenvalue weighted by Crippen LogP contribution is -2.25. The van der Waals surface area contributed by atoms with E-state index in [9.17, 15) is 18.9 Å². The van der Waals surface area contributed by atoms with E-state index in [4.69, 9.17) is 0 Å². The molecule has 0 saturated heterocycles. The van der Waals surface area contributed by atoms with Gasteiger partial charge in [-0.15, -0.1) is 0 Å². The summed E-state index contributed by atoms with van der Waals surface area (Å²) >= 11 is 0. The lowest BCUT2D eigenvalue weighted by atomic mass is 10.1. The van der Waals surface area contributed by atoms with E-state index < -0.39 is 22.2 Å². The highest BCUT2D eigenvalue weighted by molar-refractivity contribution is 5.37. The number of halogens is 2. The minimum Gasteiger partial charge on any atom is -0.310 e. The molecule has 0 bridgehead atoms. The summed E-state index contributed by atoms with van der Waals surface area (Å²) in [6.07, 6.45) is 5.59. The Hall–Kier alpha value is -1.56. The molecule has 0 aromatic heterocycles. The van der Waals surface area contributed by atoms with E-state index in [2.05, 4.69) is 12.2 Å². The van der Waals surface area contributed by atoms with Crippen LogP contribution in [0.5, 0.6) is 0 Å². The molecule has 1 atom stereocenters. The first kappa shape index (κ1) is 17.5. The van der Waals surface area contributed by atoms with E-state index in [0.717, 1.165) is 18.9 Å². The van der Waals surface area contributed by atoms with Gasteiger partial charge in [-0.05, 0) is 13.3 Å². The predicted octanol–water partition coefficient (Wildman–Crippen LogP) is 4.32.